The predicted octanol–water partition coefficient (Wildman–Crippen LogP) is 3.07. The van der Waals surface area contributed by atoms with Gasteiger partial charge in [-0.25, -0.2) is 9.97 Å². The number of methoxy groups -OCH3 is 1. The largest absolute Gasteiger partial charge is 0.497 e. The van der Waals surface area contributed by atoms with Gasteiger partial charge in [-0.1, -0.05) is 12.1 Å². The molecule has 1 aliphatic rings. The molecule has 0 saturated heterocycles. The van der Waals surface area contributed by atoms with Crippen molar-refractivity contribution < 1.29 is 9.53 Å². The molecular formula is C20H21N5O2. The number of hydrogen-bond donors (Lipinski definition) is 1. The molecule has 7 nitrogen and oxygen atoms in total. The molecule has 27 heavy (non-hydrogen) atoms. The van der Waals surface area contributed by atoms with Crippen LogP contribution in [-0.2, 0) is 4.79 Å². The first kappa shape index (κ1) is 17.2. The average Bonchev–Trinajstić information content (AvgIpc) is 2.97. The van der Waals surface area contributed by atoms with Crippen LogP contribution in [0, 0.1) is 20.8 Å². The second kappa shape index (κ2) is 6.50. The van der Waals surface area contributed by atoms with Gasteiger partial charge in [0.15, 0.2) is 0 Å². The van der Waals surface area contributed by atoms with Gasteiger partial charge in [-0.15, -0.1) is 0 Å². The quantitative estimate of drug-likeness (QED) is 0.773. The maximum atomic E-state index is 12.5. The third kappa shape index (κ3) is 3.05. The van der Waals surface area contributed by atoms with E-state index in [1.54, 1.807) is 11.8 Å². The summed E-state index contributed by atoms with van der Waals surface area (Å²) in [6.45, 7) is 5.78. The first-order valence-corrected chi connectivity index (χ1v) is 8.82. The van der Waals surface area contributed by atoms with E-state index in [2.05, 4.69) is 20.4 Å². The van der Waals surface area contributed by atoms with Crippen molar-refractivity contribution in [3.8, 4) is 11.7 Å². The lowest BCUT2D eigenvalue weighted by atomic mass is 9.86. The maximum absolute atomic E-state index is 12.5. The van der Waals surface area contributed by atoms with Crippen LogP contribution in [0.3, 0.4) is 0 Å². The third-order valence-electron chi connectivity index (χ3n) is 4.76. The van der Waals surface area contributed by atoms with Crippen LogP contribution >= 0.6 is 0 Å². The number of hydrogen-bond acceptors (Lipinski definition) is 5. The van der Waals surface area contributed by atoms with Crippen LogP contribution in [0.15, 0.2) is 30.3 Å². The van der Waals surface area contributed by atoms with E-state index >= 15 is 0 Å². The van der Waals surface area contributed by atoms with Gasteiger partial charge >= 0.3 is 0 Å². The average molecular weight is 363 g/mol. The summed E-state index contributed by atoms with van der Waals surface area (Å²) in [7, 11) is 1.64. The van der Waals surface area contributed by atoms with Gasteiger partial charge in [-0.2, -0.15) is 9.78 Å². The number of nitrogens with one attached hydrogen (secondary N) is 1. The summed E-state index contributed by atoms with van der Waals surface area (Å²) in [6.07, 6.45) is 0.362. The van der Waals surface area contributed by atoms with Crippen molar-refractivity contribution in [3.05, 3.63) is 58.5 Å². The van der Waals surface area contributed by atoms with Crippen LogP contribution in [0.5, 0.6) is 5.75 Å². The van der Waals surface area contributed by atoms with Crippen molar-refractivity contribution in [2.24, 2.45) is 0 Å². The van der Waals surface area contributed by atoms with Crippen LogP contribution in [-0.4, -0.2) is 32.8 Å². The van der Waals surface area contributed by atoms with E-state index in [9.17, 15) is 4.79 Å². The highest BCUT2D eigenvalue weighted by atomic mass is 16.5. The number of aryl methyl sites for hydroxylation is 3. The van der Waals surface area contributed by atoms with Gasteiger partial charge in [0.05, 0.1) is 12.8 Å². The Hall–Kier alpha value is -3.22. The molecule has 1 N–H and O–H groups in total. The van der Waals surface area contributed by atoms with Crippen LogP contribution < -0.4 is 10.1 Å². The molecule has 0 fully saturated rings. The third-order valence-corrected chi connectivity index (χ3v) is 4.76. The summed E-state index contributed by atoms with van der Waals surface area (Å²) in [5.41, 5.74) is 4.57. The lowest BCUT2D eigenvalue weighted by molar-refractivity contribution is -0.116. The zero-order chi connectivity index (χ0) is 19.1. The van der Waals surface area contributed by atoms with Crippen molar-refractivity contribution in [2.45, 2.75) is 33.1 Å². The molecule has 7 heteroatoms. The van der Waals surface area contributed by atoms with Gasteiger partial charge in [0, 0.05) is 29.3 Å². The fourth-order valence-corrected chi connectivity index (χ4v) is 3.64. The number of nitrogens with zero attached hydrogens (tertiary/aromatic N) is 4. The molecule has 2 aromatic heterocycles. The van der Waals surface area contributed by atoms with Crippen molar-refractivity contribution in [1.82, 2.24) is 19.7 Å². The fraction of sp³-hybridized carbons (Fsp3) is 0.300. The van der Waals surface area contributed by atoms with E-state index < -0.39 is 0 Å². The summed E-state index contributed by atoms with van der Waals surface area (Å²) in [4.78, 5) is 21.5. The number of rotatable bonds is 3. The Morgan fingerprint density at radius 1 is 1.15 bits per heavy atom. The number of carbonyl (C=O) groups excluding carboxylic acids is 1. The Morgan fingerprint density at radius 2 is 1.89 bits per heavy atom. The van der Waals surface area contributed by atoms with Crippen molar-refractivity contribution in [3.63, 3.8) is 0 Å². The molecule has 138 valence electrons. The molecule has 1 amide bonds. The minimum absolute atomic E-state index is 0.0548. The van der Waals surface area contributed by atoms with Crippen molar-refractivity contribution in [2.75, 3.05) is 12.4 Å². The molecular weight excluding hydrogens is 342 g/mol. The smallest absolute Gasteiger partial charge is 0.252 e. The molecule has 1 atom stereocenters. The van der Waals surface area contributed by atoms with Crippen LogP contribution in [0.2, 0.25) is 0 Å². The Balaban J connectivity index is 1.88. The minimum Gasteiger partial charge on any atom is -0.497 e. The summed E-state index contributed by atoms with van der Waals surface area (Å²) in [6, 6.07) is 9.72. The van der Waals surface area contributed by atoms with Gasteiger partial charge in [-0.05, 0) is 44.5 Å². The number of carbonyl (C=O) groups is 1. The van der Waals surface area contributed by atoms with E-state index in [1.165, 1.54) is 0 Å². The number of amides is 1. The Kier molecular flexibility index (Phi) is 4.14. The van der Waals surface area contributed by atoms with Crippen LogP contribution in [0.4, 0.5) is 5.82 Å². The van der Waals surface area contributed by atoms with Gasteiger partial charge in [-0.3, -0.25) is 4.79 Å². The number of aromatic nitrogens is 4. The van der Waals surface area contributed by atoms with E-state index in [-0.39, 0.29) is 11.8 Å². The topological polar surface area (TPSA) is 81.9 Å². The number of ether oxygens (including phenoxy) is 1. The Labute approximate surface area is 157 Å². The molecule has 0 aliphatic carbocycles. The zero-order valence-electron chi connectivity index (χ0n) is 15.8. The molecule has 0 radical (unpaired) electrons. The number of fused-ring (bicyclic) bond motifs is 1. The second-order valence-corrected chi connectivity index (χ2v) is 6.79. The first-order chi connectivity index (χ1) is 13.0. The SMILES string of the molecule is COc1cccc([C@@H]2CC(=O)Nc3c2c(C)nn3-c2nc(C)cc(C)n2)c1. The lowest BCUT2D eigenvalue weighted by Gasteiger charge is -2.24. The van der Waals surface area contributed by atoms with E-state index in [0.29, 0.717) is 18.2 Å². The zero-order valence-corrected chi connectivity index (χ0v) is 15.8. The molecule has 4 rings (SSSR count). The second-order valence-electron chi connectivity index (χ2n) is 6.79. The minimum atomic E-state index is -0.0940. The van der Waals surface area contributed by atoms with Gasteiger partial charge in [0.1, 0.15) is 11.6 Å². The van der Waals surface area contributed by atoms with E-state index in [0.717, 1.165) is 34.0 Å². The Morgan fingerprint density at radius 3 is 2.59 bits per heavy atom. The summed E-state index contributed by atoms with van der Waals surface area (Å²) in [5.74, 6) is 1.72. The van der Waals surface area contributed by atoms with Crippen LogP contribution in [0.1, 0.15) is 40.5 Å². The monoisotopic (exact) mass is 363 g/mol. The molecule has 0 spiro atoms. The molecule has 0 saturated carbocycles. The highest BCUT2D eigenvalue weighted by molar-refractivity contribution is 5.95. The molecule has 3 aromatic rings. The fourth-order valence-electron chi connectivity index (χ4n) is 3.64. The first-order valence-electron chi connectivity index (χ1n) is 8.82. The number of anilines is 1. The maximum Gasteiger partial charge on any atom is 0.252 e. The summed E-state index contributed by atoms with van der Waals surface area (Å²) >= 11 is 0. The molecule has 0 bridgehead atoms. The van der Waals surface area contributed by atoms with E-state index in [4.69, 9.17) is 4.74 Å². The van der Waals surface area contributed by atoms with E-state index in [1.807, 2.05) is 51.1 Å². The number of benzene rings is 1. The highest BCUT2D eigenvalue weighted by Crippen LogP contribution is 2.40. The lowest BCUT2D eigenvalue weighted by Crippen LogP contribution is -2.25. The van der Waals surface area contributed by atoms with Crippen LogP contribution in [0.25, 0.3) is 5.95 Å². The Bertz CT molecular complexity index is 1020. The summed E-state index contributed by atoms with van der Waals surface area (Å²) in [5, 5.41) is 7.61. The highest BCUT2D eigenvalue weighted by Gasteiger charge is 2.33. The molecule has 1 aromatic carbocycles. The van der Waals surface area contributed by atoms with Gasteiger partial charge in [0.25, 0.3) is 5.95 Å². The van der Waals surface area contributed by atoms with Crippen molar-refractivity contribution in [1.29, 1.82) is 0 Å². The summed E-state index contributed by atoms with van der Waals surface area (Å²) < 4.78 is 6.98. The predicted molar refractivity (Wildman–Crippen MR) is 101 cm³/mol. The van der Waals surface area contributed by atoms with Gasteiger partial charge in [0.2, 0.25) is 5.91 Å². The molecule has 1 aliphatic heterocycles. The molecule has 0 unspecified atom stereocenters. The standard InChI is InChI=1S/C20H21N5O2/c1-11-8-12(2)22-20(21-11)25-19-18(13(3)24-25)16(10-17(26)23-19)14-6-5-7-15(9-14)27-4/h5-9,16H,10H2,1-4H3,(H,23,26)/t16-/m0/s1. The van der Waals surface area contributed by atoms with Gasteiger partial charge < -0.3 is 10.1 Å². The van der Waals surface area contributed by atoms with Crippen molar-refractivity contribution >= 4 is 11.7 Å². The molecule has 3 heterocycles. The normalized spacial score (nSPS) is 16.0.